The maximum atomic E-state index is 11.1. The first-order valence-electron chi connectivity index (χ1n) is 7.49. The molecule has 0 aliphatic carbocycles. The van der Waals surface area contributed by atoms with Crippen LogP contribution in [0.25, 0.3) is 11.0 Å². The number of unbranched alkanes of at least 4 members (excludes halogenated alkanes) is 1. The number of hydrogen-bond donors (Lipinski definition) is 3. The second-order valence-corrected chi connectivity index (χ2v) is 5.22. The number of carbonyl (C=O) groups excluding carboxylic acids is 1. The van der Waals surface area contributed by atoms with Gasteiger partial charge in [-0.1, -0.05) is 19.8 Å². The van der Waals surface area contributed by atoms with Crippen molar-refractivity contribution in [2.45, 2.75) is 39.2 Å². The van der Waals surface area contributed by atoms with E-state index in [-0.39, 0.29) is 17.9 Å². The van der Waals surface area contributed by atoms with Gasteiger partial charge in [0.05, 0.1) is 5.52 Å². The molecule has 0 aliphatic heterocycles. The molecule has 4 N–H and O–H groups in total. The highest BCUT2D eigenvalue weighted by molar-refractivity contribution is 5.86. The summed E-state index contributed by atoms with van der Waals surface area (Å²) >= 11 is 0. The van der Waals surface area contributed by atoms with Crippen LogP contribution in [-0.2, 0) is 4.79 Å². The van der Waals surface area contributed by atoms with Crippen LogP contribution in [0.15, 0.2) is 18.3 Å². The topological polar surface area (TPSA) is 106 Å². The lowest BCUT2D eigenvalue weighted by Gasteiger charge is -2.20. The molecule has 0 saturated heterocycles. The predicted octanol–water partition coefficient (Wildman–Crippen LogP) is 1.71. The van der Waals surface area contributed by atoms with Gasteiger partial charge in [0.2, 0.25) is 11.9 Å². The number of fused-ring (bicyclic) bond motifs is 1. The summed E-state index contributed by atoms with van der Waals surface area (Å²) in [5.41, 5.74) is 7.14. The van der Waals surface area contributed by atoms with E-state index in [1.165, 1.54) is 6.92 Å². The second-order valence-electron chi connectivity index (χ2n) is 5.22. The fourth-order valence-electron chi connectivity index (χ4n) is 2.22. The Balaban J connectivity index is 2.22. The number of pyridine rings is 1. The minimum Gasteiger partial charge on any atom is -0.368 e. The van der Waals surface area contributed by atoms with Gasteiger partial charge in [0.15, 0.2) is 5.82 Å². The van der Waals surface area contributed by atoms with Gasteiger partial charge in [0.25, 0.3) is 0 Å². The van der Waals surface area contributed by atoms with E-state index >= 15 is 0 Å². The van der Waals surface area contributed by atoms with E-state index in [1.807, 2.05) is 12.1 Å². The molecule has 2 aromatic rings. The summed E-state index contributed by atoms with van der Waals surface area (Å²) < 4.78 is 0. The zero-order valence-electron chi connectivity index (χ0n) is 13.0. The molecule has 0 radical (unpaired) electrons. The number of carbonyl (C=O) groups is 1. The molecule has 118 valence electrons. The third-order valence-corrected chi connectivity index (χ3v) is 3.32. The molecule has 2 rings (SSSR count). The first-order valence-corrected chi connectivity index (χ1v) is 7.49. The number of aromatic nitrogens is 3. The average Bonchev–Trinajstić information content (AvgIpc) is 2.49. The predicted molar refractivity (Wildman–Crippen MR) is 87.4 cm³/mol. The van der Waals surface area contributed by atoms with E-state index in [0.29, 0.717) is 23.4 Å². The van der Waals surface area contributed by atoms with Crippen LogP contribution in [0, 0.1) is 0 Å². The molecule has 0 spiro atoms. The highest BCUT2D eigenvalue weighted by Crippen LogP contribution is 2.20. The van der Waals surface area contributed by atoms with Crippen molar-refractivity contribution in [3.8, 4) is 0 Å². The summed E-state index contributed by atoms with van der Waals surface area (Å²) in [6.45, 7) is 4.18. The maximum absolute atomic E-state index is 11.1. The van der Waals surface area contributed by atoms with Gasteiger partial charge in [-0.25, -0.2) is 4.98 Å². The zero-order chi connectivity index (χ0) is 15.9. The average molecular weight is 302 g/mol. The van der Waals surface area contributed by atoms with Crippen LogP contribution in [0.1, 0.15) is 33.1 Å². The van der Waals surface area contributed by atoms with E-state index in [4.69, 9.17) is 5.73 Å². The minimum atomic E-state index is -0.0477. The Morgan fingerprint density at radius 1 is 1.41 bits per heavy atom. The molecule has 1 amide bonds. The summed E-state index contributed by atoms with van der Waals surface area (Å²) in [6.07, 6.45) is 4.77. The number of nitrogen functional groups attached to an aromatic ring is 1. The number of rotatable bonds is 7. The van der Waals surface area contributed by atoms with Crippen LogP contribution in [0.2, 0.25) is 0 Å². The van der Waals surface area contributed by atoms with Crippen molar-refractivity contribution in [3.05, 3.63) is 18.3 Å². The van der Waals surface area contributed by atoms with Crippen molar-refractivity contribution >= 4 is 28.7 Å². The van der Waals surface area contributed by atoms with Gasteiger partial charge >= 0.3 is 0 Å². The standard InChI is InChI=1S/C15H22N6O/c1-3-4-6-11(9-18-10(2)22)19-14-13-12(7-5-8-17-13)20-15(16)21-14/h5,7-8,11H,3-4,6,9H2,1-2H3,(H,18,22)(H3,16,19,20,21)/t11-/m1/s1. The molecule has 7 nitrogen and oxygen atoms in total. The molecule has 0 aliphatic rings. The highest BCUT2D eigenvalue weighted by Gasteiger charge is 2.13. The van der Waals surface area contributed by atoms with E-state index in [0.717, 1.165) is 19.3 Å². The van der Waals surface area contributed by atoms with Gasteiger partial charge < -0.3 is 16.4 Å². The Kier molecular flexibility index (Phi) is 5.46. The molecular weight excluding hydrogens is 280 g/mol. The Morgan fingerprint density at radius 3 is 2.95 bits per heavy atom. The number of hydrogen-bond acceptors (Lipinski definition) is 6. The van der Waals surface area contributed by atoms with Crippen LogP contribution < -0.4 is 16.4 Å². The minimum absolute atomic E-state index is 0.0477. The number of nitrogens with zero attached hydrogens (tertiary/aromatic N) is 3. The number of nitrogens with two attached hydrogens (primary N) is 1. The zero-order valence-corrected chi connectivity index (χ0v) is 13.0. The summed E-state index contributed by atoms with van der Waals surface area (Å²) in [5, 5.41) is 6.19. The van der Waals surface area contributed by atoms with Crippen LogP contribution in [-0.4, -0.2) is 33.4 Å². The molecule has 0 fully saturated rings. The lowest BCUT2D eigenvalue weighted by atomic mass is 10.1. The van der Waals surface area contributed by atoms with Crippen molar-refractivity contribution in [2.24, 2.45) is 0 Å². The lowest BCUT2D eigenvalue weighted by molar-refractivity contribution is -0.119. The summed E-state index contributed by atoms with van der Waals surface area (Å²) in [4.78, 5) is 23.9. The third kappa shape index (κ3) is 4.28. The molecular formula is C15H22N6O. The lowest BCUT2D eigenvalue weighted by Crippen LogP contribution is -2.35. The van der Waals surface area contributed by atoms with E-state index in [9.17, 15) is 4.79 Å². The number of anilines is 2. The number of nitrogens with one attached hydrogen (secondary N) is 2. The fourth-order valence-corrected chi connectivity index (χ4v) is 2.22. The van der Waals surface area contributed by atoms with E-state index in [1.54, 1.807) is 6.20 Å². The van der Waals surface area contributed by atoms with Crippen LogP contribution >= 0.6 is 0 Å². The Labute approximate surface area is 129 Å². The smallest absolute Gasteiger partial charge is 0.222 e. The third-order valence-electron chi connectivity index (χ3n) is 3.32. The van der Waals surface area contributed by atoms with Gasteiger partial charge in [-0.3, -0.25) is 9.78 Å². The highest BCUT2D eigenvalue weighted by atomic mass is 16.1. The Hall–Kier alpha value is -2.44. The summed E-state index contributed by atoms with van der Waals surface area (Å²) in [6, 6.07) is 3.73. The molecule has 7 heteroatoms. The van der Waals surface area contributed by atoms with Crippen LogP contribution in [0.5, 0.6) is 0 Å². The SMILES string of the molecule is CCCC[C@H](CNC(C)=O)Nc1nc(N)nc2cccnc12. The largest absolute Gasteiger partial charge is 0.368 e. The molecule has 0 aromatic carbocycles. The monoisotopic (exact) mass is 302 g/mol. The number of amides is 1. The quantitative estimate of drug-likeness (QED) is 0.719. The van der Waals surface area contributed by atoms with Gasteiger partial charge in [-0.2, -0.15) is 4.98 Å². The van der Waals surface area contributed by atoms with Crippen LogP contribution in [0.4, 0.5) is 11.8 Å². The van der Waals surface area contributed by atoms with Crippen molar-refractivity contribution in [1.82, 2.24) is 20.3 Å². The first-order chi connectivity index (χ1) is 10.6. The fraction of sp³-hybridized carbons (Fsp3) is 0.467. The van der Waals surface area contributed by atoms with Gasteiger partial charge in [0.1, 0.15) is 5.52 Å². The van der Waals surface area contributed by atoms with Crippen molar-refractivity contribution in [2.75, 3.05) is 17.6 Å². The molecule has 0 unspecified atom stereocenters. The van der Waals surface area contributed by atoms with E-state index in [2.05, 4.69) is 32.5 Å². The molecule has 0 bridgehead atoms. The molecule has 1 atom stereocenters. The summed E-state index contributed by atoms with van der Waals surface area (Å²) in [5.74, 6) is 0.764. The Morgan fingerprint density at radius 2 is 2.23 bits per heavy atom. The maximum Gasteiger partial charge on any atom is 0.222 e. The van der Waals surface area contributed by atoms with Crippen molar-refractivity contribution in [1.29, 1.82) is 0 Å². The second kappa shape index (κ2) is 7.53. The van der Waals surface area contributed by atoms with Crippen molar-refractivity contribution < 1.29 is 4.79 Å². The molecule has 2 heterocycles. The van der Waals surface area contributed by atoms with Gasteiger partial charge in [0, 0.05) is 25.7 Å². The van der Waals surface area contributed by atoms with Gasteiger partial charge in [-0.05, 0) is 18.6 Å². The van der Waals surface area contributed by atoms with Crippen molar-refractivity contribution in [3.63, 3.8) is 0 Å². The van der Waals surface area contributed by atoms with E-state index < -0.39 is 0 Å². The van der Waals surface area contributed by atoms with Crippen LogP contribution in [0.3, 0.4) is 0 Å². The molecule has 0 saturated carbocycles. The van der Waals surface area contributed by atoms with Gasteiger partial charge in [-0.15, -0.1) is 0 Å². The Bertz CT molecular complexity index is 645. The molecule has 22 heavy (non-hydrogen) atoms. The molecule has 2 aromatic heterocycles. The normalized spacial score (nSPS) is 12.1. The summed E-state index contributed by atoms with van der Waals surface area (Å²) in [7, 11) is 0. The first kappa shape index (κ1) is 15.9.